The zero-order valence-electron chi connectivity index (χ0n) is 17.7. The van der Waals surface area contributed by atoms with Crippen LogP contribution in [0.2, 0.25) is 0 Å². The van der Waals surface area contributed by atoms with Crippen molar-refractivity contribution in [3.8, 4) is 5.95 Å². The van der Waals surface area contributed by atoms with E-state index in [0.29, 0.717) is 29.3 Å². The molecule has 0 unspecified atom stereocenters. The molecule has 3 aromatic rings. The van der Waals surface area contributed by atoms with E-state index in [9.17, 15) is 14.4 Å². The molecule has 1 aliphatic rings. The van der Waals surface area contributed by atoms with Gasteiger partial charge in [-0.25, -0.2) is 9.67 Å². The van der Waals surface area contributed by atoms with E-state index >= 15 is 0 Å². The van der Waals surface area contributed by atoms with Crippen molar-refractivity contribution < 1.29 is 9.59 Å². The zero-order valence-corrected chi connectivity index (χ0v) is 17.7. The molecule has 160 valence electrons. The van der Waals surface area contributed by atoms with Gasteiger partial charge in [0.2, 0.25) is 17.8 Å². The molecule has 0 radical (unpaired) electrons. The monoisotopic (exact) mass is 420 g/mol. The van der Waals surface area contributed by atoms with E-state index in [4.69, 9.17) is 4.98 Å². The van der Waals surface area contributed by atoms with E-state index in [1.165, 1.54) is 11.5 Å². The van der Waals surface area contributed by atoms with Crippen molar-refractivity contribution >= 4 is 23.2 Å². The smallest absolute Gasteiger partial charge is 0.258 e. The average Bonchev–Trinajstić information content (AvgIpc) is 3.29. The standard InChI is InChI=1S/C22H24N6O3/c1-13-10-14(2)28(26-13)22-25-19-9-5-8-18(19)21(31)27(22)12-20(30)24-17-7-4-6-16(11-17)23-15(3)29/h4,6-7,10-11H,5,8-9,12H2,1-3H3,(H,23,29)(H,24,30). The fraction of sp³-hybridized carbons (Fsp3) is 0.318. The lowest BCUT2D eigenvalue weighted by Crippen LogP contribution is -2.34. The number of fused-ring (bicyclic) bond motifs is 1. The SMILES string of the molecule is CC(=O)Nc1cccc(NC(=O)Cn2c(-n3nc(C)cc3C)nc3c(c2=O)CCC3)c1. The van der Waals surface area contributed by atoms with E-state index in [-0.39, 0.29) is 23.9 Å². The topological polar surface area (TPSA) is 111 Å². The molecule has 0 saturated carbocycles. The van der Waals surface area contributed by atoms with Gasteiger partial charge in [-0.2, -0.15) is 5.10 Å². The Labute approximate surface area is 179 Å². The molecule has 0 fully saturated rings. The summed E-state index contributed by atoms with van der Waals surface area (Å²) in [5.41, 5.74) is 3.98. The summed E-state index contributed by atoms with van der Waals surface area (Å²) in [5.74, 6) is -0.225. The fourth-order valence-corrected chi connectivity index (χ4v) is 3.87. The summed E-state index contributed by atoms with van der Waals surface area (Å²) in [7, 11) is 0. The van der Waals surface area contributed by atoms with Gasteiger partial charge in [0.1, 0.15) is 6.54 Å². The molecule has 0 aliphatic heterocycles. The number of carbonyl (C=O) groups excluding carboxylic acids is 2. The molecular weight excluding hydrogens is 396 g/mol. The Morgan fingerprint density at radius 1 is 1.10 bits per heavy atom. The van der Waals surface area contributed by atoms with Crippen molar-refractivity contribution in [3.63, 3.8) is 0 Å². The highest BCUT2D eigenvalue weighted by atomic mass is 16.2. The van der Waals surface area contributed by atoms with Gasteiger partial charge in [-0.1, -0.05) is 6.07 Å². The first-order chi connectivity index (χ1) is 14.8. The lowest BCUT2D eigenvalue weighted by Gasteiger charge is -2.15. The summed E-state index contributed by atoms with van der Waals surface area (Å²) in [4.78, 5) is 42.0. The largest absolute Gasteiger partial charge is 0.326 e. The minimum Gasteiger partial charge on any atom is -0.326 e. The Morgan fingerprint density at radius 2 is 1.84 bits per heavy atom. The van der Waals surface area contributed by atoms with Crippen LogP contribution in [0.4, 0.5) is 11.4 Å². The van der Waals surface area contributed by atoms with Crippen LogP contribution in [0.3, 0.4) is 0 Å². The predicted molar refractivity (Wildman–Crippen MR) is 116 cm³/mol. The van der Waals surface area contributed by atoms with Gasteiger partial charge >= 0.3 is 0 Å². The van der Waals surface area contributed by atoms with Gasteiger partial charge in [0.25, 0.3) is 5.56 Å². The molecule has 31 heavy (non-hydrogen) atoms. The van der Waals surface area contributed by atoms with E-state index in [2.05, 4.69) is 15.7 Å². The number of amides is 2. The summed E-state index contributed by atoms with van der Waals surface area (Å²) in [6.45, 7) is 4.97. The summed E-state index contributed by atoms with van der Waals surface area (Å²) >= 11 is 0. The van der Waals surface area contributed by atoms with Gasteiger partial charge in [-0.05, 0) is 57.4 Å². The number of benzene rings is 1. The quantitative estimate of drug-likeness (QED) is 0.657. The highest BCUT2D eigenvalue weighted by Crippen LogP contribution is 2.20. The van der Waals surface area contributed by atoms with E-state index in [0.717, 1.165) is 29.9 Å². The third-order valence-electron chi connectivity index (χ3n) is 5.14. The normalized spacial score (nSPS) is 12.5. The number of aryl methyl sites for hydroxylation is 3. The van der Waals surface area contributed by atoms with Gasteiger partial charge in [0, 0.05) is 29.6 Å². The molecule has 0 saturated heterocycles. The number of hydrogen-bond donors (Lipinski definition) is 2. The summed E-state index contributed by atoms with van der Waals surface area (Å²) in [5, 5.41) is 9.93. The minimum atomic E-state index is -0.371. The second-order valence-electron chi connectivity index (χ2n) is 7.73. The summed E-state index contributed by atoms with van der Waals surface area (Å²) in [6, 6.07) is 8.73. The van der Waals surface area contributed by atoms with Crippen LogP contribution in [-0.4, -0.2) is 31.1 Å². The fourth-order valence-electron chi connectivity index (χ4n) is 3.87. The first-order valence-electron chi connectivity index (χ1n) is 10.2. The van der Waals surface area contributed by atoms with Crippen LogP contribution in [0, 0.1) is 13.8 Å². The van der Waals surface area contributed by atoms with E-state index in [1.54, 1.807) is 28.9 Å². The minimum absolute atomic E-state index is 0.197. The number of carbonyl (C=O) groups is 2. The Balaban J connectivity index is 1.66. The third kappa shape index (κ3) is 4.25. The van der Waals surface area contributed by atoms with Gasteiger partial charge in [0.05, 0.1) is 11.4 Å². The lowest BCUT2D eigenvalue weighted by atomic mass is 10.2. The molecule has 4 rings (SSSR count). The number of hydrogen-bond acceptors (Lipinski definition) is 5. The van der Waals surface area contributed by atoms with Crippen LogP contribution in [-0.2, 0) is 29.0 Å². The van der Waals surface area contributed by atoms with E-state index in [1.807, 2.05) is 19.9 Å². The molecule has 1 aliphatic carbocycles. The second kappa shape index (κ2) is 8.17. The highest BCUT2D eigenvalue weighted by Gasteiger charge is 2.24. The van der Waals surface area contributed by atoms with Crippen molar-refractivity contribution in [2.75, 3.05) is 10.6 Å². The summed E-state index contributed by atoms with van der Waals surface area (Å²) < 4.78 is 3.00. The third-order valence-corrected chi connectivity index (χ3v) is 5.14. The lowest BCUT2D eigenvalue weighted by molar-refractivity contribution is -0.117. The maximum absolute atomic E-state index is 13.2. The van der Waals surface area contributed by atoms with Gasteiger partial charge < -0.3 is 10.6 Å². The average molecular weight is 420 g/mol. The molecule has 2 N–H and O–H groups in total. The predicted octanol–water partition coefficient (Wildman–Crippen LogP) is 2.13. The van der Waals surface area contributed by atoms with Gasteiger partial charge in [0.15, 0.2) is 0 Å². The van der Waals surface area contributed by atoms with Crippen LogP contribution in [0.5, 0.6) is 0 Å². The Kier molecular flexibility index (Phi) is 5.41. The Hall–Kier alpha value is -3.75. The van der Waals surface area contributed by atoms with Crippen molar-refractivity contribution in [2.45, 2.75) is 46.6 Å². The van der Waals surface area contributed by atoms with Crippen LogP contribution < -0.4 is 16.2 Å². The summed E-state index contributed by atoms with van der Waals surface area (Å²) in [6.07, 6.45) is 2.29. The Morgan fingerprint density at radius 3 is 2.52 bits per heavy atom. The molecule has 0 spiro atoms. The van der Waals surface area contributed by atoms with Gasteiger partial charge in [-0.3, -0.25) is 19.0 Å². The molecular formula is C22H24N6O3. The maximum Gasteiger partial charge on any atom is 0.258 e. The first kappa shape index (κ1) is 20.5. The number of aromatic nitrogens is 4. The molecule has 0 bridgehead atoms. The Bertz CT molecular complexity index is 1240. The maximum atomic E-state index is 13.2. The molecule has 2 aromatic heterocycles. The van der Waals surface area contributed by atoms with Crippen LogP contribution in [0.15, 0.2) is 35.1 Å². The van der Waals surface area contributed by atoms with Gasteiger partial charge in [-0.15, -0.1) is 0 Å². The zero-order chi connectivity index (χ0) is 22.1. The number of rotatable bonds is 5. The van der Waals surface area contributed by atoms with Crippen molar-refractivity contribution in [1.82, 2.24) is 19.3 Å². The molecule has 0 atom stereocenters. The molecule has 2 amide bonds. The highest BCUT2D eigenvalue weighted by molar-refractivity contribution is 5.93. The van der Waals surface area contributed by atoms with Crippen LogP contribution in [0.25, 0.3) is 5.95 Å². The molecule has 9 heteroatoms. The molecule has 2 heterocycles. The van der Waals surface area contributed by atoms with Crippen molar-refractivity contribution in [2.24, 2.45) is 0 Å². The van der Waals surface area contributed by atoms with Crippen molar-refractivity contribution in [1.29, 1.82) is 0 Å². The number of anilines is 2. The first-order valence-corrected chi connectivity index (χ1v) is 10.2. The van der Waals surface area contributed by atoms with Crippen molar-refractivity contribution in [3.05, 3.63) is 63.3 Å². The van der Waals surface area contributed by atoms with E-state index < -0.39 is 0 Å². The second-order valence-corrected chi connectivity index (χ2v) is 7.73. The number of nitrogens with one attached hydrogen (secondary N) is 2. The number of nitrogens with zero attached hydrogens (tertiary/aromatic N) is 4. The molecule has 9 nitrogen and oxygen atoms in total. The molecule has 1 aromatic carbocycles. The van der Waals surface area contributed by atoms with Crippen LogP contribution in [0.1, 0.15) is 36.0 Å². The van der Waals surface area contributed by atoms with Crippen LogP contribution >= 0.6 is 0 Å².